The lowest BCUT2D eigenvalue weighted by Crippen LogP contribution is -2.18. The summed E-state index contributed by atoms with van der Waals surface area (Å²) < 4.78 is 5.83. The maximum atomic E-state index is 12.5. The molecule has 0 amide bonds. The van der Waals surface area contributed by atoms with Gasteiger partial charge in [-0.2, -0.15) is 0 Å². The van der Waals surface area contributed by atoms with Crippen molar-refractivity contribution in [2.45, 2.75) is 219 Å². The highest BCUT2D eigenvalue weighted by Crippen LogP contribution is 2.18. The smallest absolute Gasteiger partial charge is 0.306 e. The summed E-state index contributed by atoms with van der Waals surface area (Å²) in [6.07, 6.45) is 48.7. The largest absolute Gasteiger partial charge is 0.481 e. The number of hydrogen-bond acceptors (Lipinski definition) is 3. The van der Waals surface area contributed by atoms with Crippen LogP contribution in [0.2, 0.25) is 0 Å². The number of rotatable bonds is 36. The van der Waals surface area contributed by atoms with Gasteiger partial charge in [0.05, 0.1) is 0 Å². The molecule has 1 N–H and O–H groups in total. The van der Waals surface area contributed by atoms with Crippen molar-refractivity contribution < 1.29 is 19.4 Å². The summed E-state index contributed by atoms with van der Waals surface area (Å²) in [6.45, 7) is 4.44. The van der Waals surface area contributed by atoms with Gasteiger partial charge < -0.3 is 9.84 Å². The molecule has 0 aromatic rings. The number of ether oxygens (including phenoxy) is 1. The predicted molar refractivity (Wildman–Crippen MR) is 199 cm³/mol. The van der Waals surface area contributed by atoms with Crippen LogP contribution in [-0.2, 0) is 14.3 Å². The predicted octanol–water partition coefficient (Wildman–Crippen LogP) is 13.8. The Bertz CT molecular complexity index is 738. The molecule has 1 atom stereocenters. The Morgan fingerprint density at radius 3 is 1.46 bits per heavy atom. The van der Waals surface area contributed by atoms with Gasteiger partial charge in [-0.05, 0) is 64.2 Å². The number of carbonyl (C=O) groups is 2. The van der Waals surface area contributed by atoms with Gasteiger partial charge >= 0.3 is 11.9 Å². The summed E-state index contributed by atoms with van der Waals surface area (Å²) in [5.74, 6) is -0.868. The molecular weight excluding hydrogens is 568 g/mol. The van der Waals surface area contributed by atoms with Crippen LogP contribution in [0.5, 0.6) is 0 Å². The fourth-order valence-electron chi connectivity index (χ4n) is 5.97. The molecule has 0 saturated heterocycles. The molecule has 0 fully saturated rings. The number of carbonyl (C=O) groups excluding carboxylic acids is 1. The Labute approximate surface area is 286 Å². The number of esters is 1. The van der Waals surface area contributed by atoms with Crippen LogP contribution < -0.4 is 0 Å². The van der Waals surface area contributed by atoms with Gasteiger partial charge in [-0.25, -0.2) is 0 Å². The zero-order valence-corrected chi connectivity index (χ0v) is 30.6. The molecule has 4 heteroatoms. The van der Waals surface area contributed by atoms with Gasteiger partial charge in [0.15, 0.2) is 0 Å². The van der Waals surface area contributed by atoms with Crippen LogP contribution in [0.1, 0.15) is 213 Å². The molecule has 0 aromatic heterocycles. The first-order chi connectivity index (χ1) is 22.6. The number of allylic oxidation sites excluding steroid dienone is 6. The number of carboxylic acids is 1. The zero-order valence-electron chi connectivity index (χ0n) is 30.6. The lowest BCUT2D eigenvalue weighted by atomic mass is 10.0. The van der Waals surface area contributed by atoms with Gasteiger partial charge in [0, 0.05) is 12.8 Å². The van der Waals surface area contributed by atoms with E-state index in [9.17, 15) is 9.59 Å². The van der Waals surface area contributed by atoms with E-state index in [0.717, 1.165) is 44.9 Å². The van der Waals surface area contributed by atoms with Gasteiger partial charge in [-0.3, -0.25) is 9.59 Å². The highest BCUT2D eigenvalue weighted by Gasteiger charge is 2.15. The third-order valence-corrected chi connectivity index (χ3v) is 8.88. The highest BCUT2D eigenvalue weighted by atomic mass is 16.5. The highest BCUT2D eigenvalue weighted by molar-refractivity contribution is 5.69. The van der Waals surface area contributed by atoms with Gasteiger partial charge in [0.25, 0.3) is 0 Å². The normalized spacial score (nSPS) is 12.6. The fraction of sp³-hybridized carbons (Fsp3) is 0.810. The van der Waals surface area contributed by atoms with Crippen molar-refractivity contribution in [3.8, 4) is 0 Å². The van der Waals surface area contributed by atoms with Crippen LogP contribution in [0.4, 0.5) is 0 Å². The van der Waals surface area contributed by atoms with Crippen molar-refractivity contribution in [3.63, 3.8) is 0 Å². The number of unbranched alkanes of at least 4 members (excludes halogenated alkanes) is 21. The Kier molecular flexibility index (Phi) is 36.1. The van der Waals surface area contributed by atoms with E-state index >= 15 is 0 Å². The molecule has 0 radical (unpaired) electrons. The summed E-state index contributed by atoms with van der Waals surface area (Å²) in [4.78, 5) is 23.5. The van der Waals surface area contributed by atoms with Crippen LogP contribution in [0.25, 0.3) is 0 Å². The van der Waals surface area contributed by atoms with Crippen LogP contribution in [-0.4, -0.2) is 23.1 Å². The Balaban J connectivity index is 3.82. The number of aliphatic carboxylic acids is 1. The lowest BCUT2D eigenvalue weighted by Gasteiger charge is -2.18. The first kappa shape index (κ1) is 44.2. The van der Waals surface area contributed by atoms with E-state index in [1.54, 1.807) is 0 Å². The molecule has 0 heterocycles. The topological polar surface area (TPSA) is 63.6 Å². The maximum absolute atomic E-state index is 12.5. The second-order valence-corrected chi connectivity index (χ2v) is 13.4. The Morgan fingerprint density at radius 1 is 0.500 bits per heavy atom. The minimum absolute atomic E-state index is 0.0969. The molecule has 0 aromatic carbocycles. The van der Waals surface area contributed by atoms with Crippen molar-refractivity contribution >= 4 is 11.9 Å². The summed E-state index contributed by atoms with van der Waals surface area (Å²) >= 11 is 0. The molecule has 0 aliphatic carbocycles. The third-order valence-electron chi connectivity index (χ3n) is 8.88. The number of carboxylic acid groups (broad SMARTS) is 1. The lowest BCUT2D eigenvalue weighted by molar-refractivity contribution is -0.150. The molecule has 0 bridgehead atoms. The van der Waals surface area contributed by atoms with E-state index in [2.05, 4.69) is 50.3 Å². The monoisotopic (exact) mass is 645 g/mol. The fourth-order valence-corrected chi connectivity index (χ4v) is 5.97. The Hall–Kier alpha value is -1.84. The van der Waals surface area contributed by atoms with E-state index < -0.39 is 5.97 Å². The molecule has 0 saturated carbocycles. The molecule has 1 unspecified atom stereocenters. The summed E-state index contributed by atoms with van der Waals surface area (Å²) in [5, 5.41) is 9.03. The standard InChI is InChI=1S/C42H76O4/c1-3-5-7-9-11-13-15-17-19-20-22-24-26-28-30-32-34-39-42(45)46-40(37-35-38-41(43)44)36-33-31-29-27-25-23-21-18-16-14-12-10-8-6-4-2/h5,7,11,13,17,19,40H,3-4,6,8-10,12,14-16,18,20-39H2,1-2H3,(H,43,44)/b7-5-,13-11-,19-17-. The van der Waals surface area contributed by atoms with Crippen molar-refractivity contribution in [2.75, 3.05) is 0 Å². The first-order valence-electron chi connectivity index (χ1n) is 20.0. The van der Waals surface area contributed by atoms with E-state index in [1.807, 2.05) is 0 Å². The van der Waals surface area contributed by atoms with Crippen molar-refractivity contribution in [3.05, 3.63) is 36.5 Å². The molecule has 46 heavy (non-hydrogen) atoms. The first-order valence-corrected chi connectivity index (χ1v) is 20.0. The van der Waals surface area contributed by atoms with Crippen LogP contribution in [0, 0.1) is 0 Å². The Morgan fingerprint density at radius 2 is 0.935 bits per heavy atom. The zero-order chi connectivity index (χ0) is 33.6. The van der Waals surface area contributed by atoms with E-state index in [1.165, 1.54) is 128 Å². The van der Waals surface area contributed by atoms with Crippen LogP contribution in [0.3, 0.4) is 0 Å². The molecular formula is C42H76O4. The third kappa shape index (κ3) is 36.6. The molecule has 0 spiro atoms. The van der Waals surface area contributed by atoms with E-state index in [-0.39, 0.29) is 18.5 Å². The quantitative estimate of drug-likeness (QED) is 0.0419. The SMILES string of the molecule is CC/C=C\C/C=C\C/C=C\CCCCCCCCCC(=O)OC(CCCCCCCCCCCCCCCCC)CCCC(=O)O. The molecule has 4 nitrogen and oxygen atoms in total. The van der Waals surface area contributed by atoms with Gasteiger partial charge in [-0.1, -0.05) is 172 Å². The average molecular weight is 645 g/mol. The summed E-state index contributed by atoms with van der Waals surface area (Å²) in [6, 6.07) is 0. The minimum Gasteiger partial charge on any atom is -0.481 e. The van der Waals surface area contributed by atoms with Crippen LogP contribution in [0.15, 0.2) is 36.5 Å². The molecule has 0 rings (SSSR count). The van der Waals surface area contributed by atoms with Gasteiger partial charge in [0.2, 0.25) is 0 Å². The summed E-state index contributed by atoms with van der Waals surface area (Å²) in [7, 11) is 0. The second-order valence-electron chi connectivity index (χ2n) is 13.4. The number of hydrogen-bond donors (Lipinski definition) is 1. The van der Waals surface area contributed by atoms with Crippen LogP contribution >= 0.6 is 0 Å². The maximum Gasteiger partial charge on any atom is 0.306 e. The molecule has 0 aliphatic rings. The van der Waals surface area contributed by atoms with Gasteiger partial charge in [0.1, 0.15) is 6.10 Å². The van der Waals surface area contributed by atoms with E-state index in [0.29, 0.717) is 19.3 Å². The van der Waals surface area contributed by atoms with Crippen molar-refractivity contribution in [1.82, 2.24) is 0 Å². The second kappa shape index (κ2) is 37.6. The molecule has 268 valence electrons. The summed E-state index contributed by atoms with van der Waals surface area (Å²) in [5.41, 5.74) is 0. The van der Waals surface area contributed by atoms with E-state index in [4.69, 9.17) is 9.84 Å². The minimum atomic E-state index is -0.771. The van der Waals surface area contributed by atoms with Crippen molar-refractivity contribution in [1.29, 1.82) is 0 Å². The average Bonchev–Trinajstić information content (AvgIpc) is 3.04. The van der Waals surface area contributed by atoms with Gasteiger partial charge in [-0.15, -0.1) is 0 Å². The van der Waals surface area contributed by atoms with Crippen molar-refractivity contribution in [2.24, 2.45) is 0 Å². The molecule has 0 aliphatic heterocycles.